The fraction of sp³-hybridized carbons (Fsp3) is 0.727. The van der Waals surface area contributed by atoms with Crippen molar-refractivity contribution < 1.29 is 4.74 Å². The molecular weight excluding hydrogens is 190 g/mol. The summed E-state index contributed by atoms with van der Waals surface area (Å²) < 4.78 is 7.65. The van der Waals surface area contributed by atoms with Gasteiger partial charge in [0.05, 0.1) is 12.1 Å². The Hall–Kier alpha value is -0.870. The molecule has 4 nitrogen and oxygen atoms in total. The van der Waals surface area contributed by atoms with Crippen molar-refractivity contribution in [3.8, 4) is 0 Å². The predicted octanol–water partition coefficient (Wildman–Crippen LogP) is 1.24. The first-order chi connectivity index (χ1) is 7.24. The number of aryl methyl sites for hydroxylation is 1. The standard InChI is InChI=1S/C11H19N3O/c1-3-9-8(4-7-15-9)10(12)11-13-5-6-14(11)2/h5-6,8-10H,3-4,7,12H2,1-2H3. The fourth-order valence-electron chi connectivity index (χ4n) is 2.39. The van der Waals surface area contributed by atoms with Gasteiger partial charge in [-0.15, -0.1) is 0 Å². The summed E-state index contributed by atoms with van der Waals surface area (Å²) >= 11 is 0. The molecule has 2 rings (SSSR count). The second-order valence-corrected chi connectivity index (χ2v) is 4.19. The van der Waals surface area contributed by atoms with E-state index in [0.717, 1.165) is 25.3 Å². The Morgan fingerprint density at radius 3 is 3.13 bits per heavy atom. The van der Waals surface area contributed by atoms with Gasteiger partial charge in [0, 0.05) is 32.0 Å². The number of nitrogens with two attached hydrogens (primary N) is 1. The third kappa shape index (κ3) is 1.92. The highest BCUT2D eigenvalue weighted by Crippen LogP contribution is 2.32. The molecule has 1 saturated heterocycles. The lowest BCUT2D eigenvalue weighted by Crippen LogP contribution is -2.30. The van der Waals surface area contributed by atoms with Gasteiger partial charge in [-0.1, -0.05) is 6.92 Å². The Morgan fingerprint density at radius 2 is 2.53 bits per heavy atom. The molecule has 2 heterocycles. The summed E-state index contributed by atoms with van der Waals surface area (Å²) in [6.07, 6.45) is 6.12. The van der Waals surface area contributed by atoms with Crippen molar-refractivity contribution in [1.82, 2.24) is 9.55 Å². The number of aromatic nitrogens is 2. The van der Waals surface area contributed by atoms with Crippen LogP contribution in [0.1, 0.15) is 31.6 Å². The van der Waals surface area contributed by atoms with Crippen molar-refractivity contribution in [2.75, 3.05) is 6.61 Å². The number of imidazole rings is 1. The van der Waals surface area contributed by atoms with Crippen molar-refractivity contribution in [3.05, 3.63) is 18.2 Å². The van der Waals surface area contributed by atoms with E-state index in [-0.39, 0.29) is 6.04 Å². The molecule has 0 amide bonds. The van der Waals surface area contributed by atoms with Gasteiger partial charge in [-0.2, -0.15) is 0 Å². The largest absolute Gasteiger partial charge is 0.378 e. The van der Waals surface area contributed by atoms with E-state index in [0.29, 0.717) is 12.0 Å². The summed E-state index contributed by atoms with van der Waals surface area (Å²) in [5.41, 5.74) is 6.25. The zero-order chi connectivity index (χ0) is 10.8. The van der Waals surface area contributed by atoms with E-state index in [1.165, 1.54) is 0 Å². The number of hydrogen-bond acceptors (Lipinski definition) is 3. The number of rotatable bonds is 3. The van der Waals surface area contributed by atoms with Gasteiger partial charge in [-0.3, -0.25) is 0 Å². The lowest BCUT2D eigenvalue weighted by atomic mass is 9.91. The predicted molar refractivity (Wildman–Crippen MR) is 58.3 cm³/mol. The normalized spacial score (nSPS) is 28.2. The molecule has 15 heavy (non-hydrogen) atoms. The molecule has 2 N–H and O–H groups in total. The third-order valence-corrected chi connectivity index (χ3v) is 3.28. The van der Waals surface area contributed by atoms with Crippen LogP contribution >= 0.6 is 0 Å². The van der Waals surface area contributed by atoms with Crippen LogP contribution in [0.25, 0.3) is 0 Å². The van der Waals surface area contributed by atoms with Crippen molar-refractivity contribution in [1.29, 1.82) is 0 Å². The van der Waals surface area contributed by atoms with Gasteiger partial charge in [0.2, 0.25) is 0 Å². The quantitative estimate of drug-likeness (QED) is 0.814. The number of nitrogens with zero attached hydrogens (tertiary/aromatic N) is 2. The summed E-state index contributed by atoms with van der Waals surface area (Å²) in [6, 6.07) is -0.00236. The Morgan fingerprint density at radius 1 is 1.73 bits per heavy atom. The van der Waals surface area contributed by atoms with Crippen LogP contribution in [0.15, 0.2) is 12.4 Å². The smallest absolute Gasteiger partial charge is 0.125 e. The van der Waals surface area contributed by atoms with E-state index < -0.39 is 0 Å². The maximum absolute atomic E-state index is 6.25. The first-order valence-electron chi connectivity index (χ1n) is 5.58. The van der Waals surface area contributed by atoms with Crippen molar-refractivity contribution in [2.45, 2.75) is 31.9 Å². The van der Waals surface area contributed by atoms with Gasteiger partial charge in [0.15, 0.2) is 0 Å². The molecular formula is C11H19N3O. The van der Waals surface area contributed by atoms with Gasteiger partial charge >= 0.3 is 0 Å². The van der Waals surface area contributed by atoms with Gasteiger partial charge in [-0.05, 0) is 12.8 Å². The minimum Gasteiger partial charge on any atom is -0.378 e. The van der Waals surface area contributed by atoms with Crippen LogP contribution in [0, 0.1) is 5.92 Å². The maximum Gasteiger partial charge on any atom is 0.125 e. The van der Waals surface area contributed by atoms with Crippen molar-refractivity contribution in [2.24, 2.45) is 18.7 Å². The summed E-state index contributed by atoms with van der Waals surface area (Å²) in [5, 5.41) is 0. The van der Waals surface area contributed by atoms with E-state index >= 15 is 0 Å². The molecule has 1 aromatic heterocycles. The van der Waals surface area contributed by atoms with Gasteiger partial charge in [0.25, 0.3) is 0 Å². The molecule has 0 aliphatic carbocycles. The Bertz CT molecular complexity index is 323. The SMILES string of the molecule is CCC1OCCC1C(N)c1nccn1C. The second kappa shape index (κ2) is 4.33. The van der Waals surface area contributed by atoms with Crippen LogP contribution in [0.5, 0.6) is 0 Å². The minimum absolute atomic E-state index is 0.00236. The molecule has 0 bridgehead atoms. The van der Waals surface area contributed by atoms with Gasteiger partial charge < -0.3 is 15.0 Å². The summed E-state index contributed by atoms with van der Waals surface area (Å²) in [7, 11) is 1.99. The summed E-state index contributed by atoms with van der Waals surface area (Å²) in [4.78, 5) is 4.31. The molecule has 3 unspecified atom stereocenters. The topological polar surface area (TPSA) is 53.1 Å². The molecule has 4 heteroatoms. The van der Waals surface area contributed by atoms with E-state index in [4.69, 9.17) is 10.5 Å². The summed E-state index contributed by atoms with van der Waals surface area (Å²) in [5.74, 6) is 1.38. The van der Waals surface area contributed by atoms with Crippen molar-refractivity contribution in [3.63, 3.8) is 0 Å². The Balaban J connectivity index is 2.13. The third-order valence-electron chi connectivity index (χ3n) is 3.28. The first kappa shape index (κ1) is 10.6. The Kier molecular flexibility index (Phi) is 3.07. The minimum atomic E-state index is -0.00236. The molecule has 1 aromatic rings. The van der Waals surface area contributed by atoms with Crippen molar-refractivity contribution >= 4 is 0 Å². The average Bonchev–Trinajstić information content (AvgIpc) is 2.84. The van der Waals surface area contributed by atoms with Crippen LogP contribution < -0.4 is 5.73 Å². The summed E-state index contributed by atoms with van der Waals surface area (Å²) in [6.45, 7) is 2.98. The molecule has 3 atom stereocenters. The Labute approximate surface area is 90.4 Å². The molecule has 0 aromatic carbocycles. The lowest BCUT2D eigenvalue weighted by Gasteiger charge is -2.23. The molecule has 0 spiro atoms. The van der Waals surface area contributed by atoms with E-state index in [1.54, 1.807) is 6.20 Å². The molecule has 1 aliphatic heterocycles. The van der Waals surface area contributed by atoms with Crippen LogP contribution in [0.3, 0.4) is 0 Å². The fourth-order valence-corrected chi connectivity index (χ4v) is 2.39. The molecule has 1 aliphatic rings. The van der Waals surface area contributed by atoms with Crippen LogP contribution in [-0.2, 0) is 11.8 Å². The highest BCUT2D eigenvalue weighted by Gasteiger charge is 2.33. The average molecular weight is 209 g/mol. The van der Waals surface area contributed by atoms with E-state index in [9.17, 15) is 0 Å². The zero-order valence-electron chi connectivity index (χ0n) is 9.39. The lowest BCUT2D eigenvalue weighted by molar-refractivity contribution is 0.0803. The monoisotopic (exact) mass is 209 g/mol. The number of ether oxygens (including phenoxy) is 1. The molecule has 1 fully saturated rings. The molecule has 0 radical (unpaired) electrons. The second-order valence-electron chi connectivity index (χ2n) is 4.19. The first-order valence-corrected chi connectivity index (χ1v) is 5.58. The van der Waals surface area contributed by atoms with Crippen LogP contribution in [-0.4, -0.2) is 22.3 Å². The molecule has 84 valence electrons. The van der Waals surface area contributed by atoms with Gasteiger partial charge in [0.1, 0.15) is 5.82 Å². The molecule has 0 saturated carbocycles. The maximum atomic E-state index is 6.25. The number of hydrogen-bond donors (Lipinski definition) is 1. The van der Waals surface area contributed by atoms with E-state index in [1.807, 2.05) is 17.8 Å². The highest BCUT2D eigenvalue weighted by atomic mass is 16.5. The van der Waals surface area contributed by atoms with E-state index in [2.05, 4.69) is 11.9 Å². The van der Waals surface area contributed by atoms with Crippen LogP contribution in [0.2, 0.25) is 0 Å². The highest BCUT2D eigenvalue weighted by molar-refractivity contribution is 5.02. The van der Waals surface area contributed by atoms with Crippen LogP contribution in [0.4, 0.5) is 0 Å². The van der Waals surface area contributed by atoms with Gasteiger partial charge in [-0.25, -0.2) is 4.98 Å². The zero-order valence-corrected chi connectivity index (χ0v) is 9.39.